The van der Waals surface area contributed by atoms with Crippen molar-refractivity contribution in [1.82, 2.24) is 35.1 Å². The Hall–Kier alpha value is -4.18. The van der Waals surface area contributed by atoms with Gasteiger partial charge in [-0.2, -0.15) is 0 Å². The van der Waals surface area contributed by atoms with E-state index in [2.05, 4.69) is 72.4 Å². The summed E-state index contributed by atoms with van der Waals surface area (Å²) in [5.41, 5.74) is 4.12. The molecule has 0 radical (unpaired) electrons. The molecule has 2 N–H and O–H groups in total. The molecule has 4 heterocycles. The summed E-state index contributed by atoms with van der Waals surface area (Å²) in [6, 6.07) is 10.1. The Labute approximate surface area is 228 Å². The van der Waals surface area contributed by atoms with Crippen LogP contribution in [-0.4, -0.2) is 82.5 Å². The van der Waals surface area contributed by atoms with Crippen LogP contribution in [0.4, 0.5) is 11.8 Å². The number of carbonyl (C=O) groups is 1. The molecule has 5 rings (SSSR count). The molecule has 1 aliphatic heterocycles. The Morgan fingerprint density at radius 3 is 2.62 bits per heavy atom. The first kappa shape index (κ1) is 26.4. The molecule has 202 valence electrons. The Morgan fingerprint density at radius 2 is 1.87 bits per heavy atom. The van der Waals surface area contributed by atoms with E-state index >= 15 is 0 Å². The van der Waals surface area contributed by atoms with E-state index in [9.17, 15) is 4.79 Å². The zero-order valence-corrected chi connectivity index (χ0v) is 22.9. The molecule has 39 heavy (non-hydrogen) atoms. The van der Waals surface area contributed by atoms with Gasteiger partial charge in [-0.05, 0) is 44.6 Å². The summed E-state index contributed by atoms with van der Waals surface area (Å²) in [7, 11) is 5.87. The lowest BCUT2D eigenvalue weighted by molar-refractivity contribution is 0.0964. The second kappa shape index (κ2) is 11.7. The van der Waals surface area contributed by atoms with E-state index in [1.165, 1.54) is 0 Å². The third kappa shape index (κ3) is 5.80. The number of piperidine rings is 1. The normalized spacial score (nSPS) is 15.2. The summed E-state index contributed by atoms with van der Waals surface area (Å²) in [6.07, 6.45) is 9.12. The Kier molecular flexibility index (Phi) is 7.92. The van der Waals surface area contributed by atoms with Crippen LogP contribution in [0.25, 0.3) is 22.2 Å². The van der Waals surface area contributed by atoms with E-state index < -0.39 is 0 Å². The van der Waals surface area contributed by atoms with Crippen LogP contribution in [0.15, 0.2) is 55.2 Å². The van der Waals surface area contributed by atoms with Crippen LogP contribution in [0.5, 0.6) is 0 Å². The summed E-state index contributed by atoms with van der Waals surface area (Å²) >= 11 is 0. The summed E-state index contributed by atoms with van der Waals surface area (Å²) in [5, 5.41) is 6.98. The van der Waals surface area contributed by atoms with Gasteiger partial charge in [-0.15, -0.1) is 0 Å². The van der Waals surface area contributed by atoms with Crippen LogP contribution in [-0.2, 0) is 0 Å². The number of amides is 1. The predicted molar refractivity (Wildman–Crippen MR) is 154 cm³/mol. The number of benzene rings is 1. The average molecular weight is 526 g/mol. The third-order valence-corrected chi connectivity index (χ3v) is 7.55. The van der Waals surface area contributed by atoms with Gasteiger partial charge in [0.2, 0.25) is 5.95 Å². The molecule has 0 unspecified atom stereocenters. The number of carbonyl (C=O) groups excluding carboxylic acids is 1. The van der Waals surface area contributed by atoms with Crippen LogP contribution in [0.3, 0.4) is 0 Å². The van der Waals surface area contributed by atoms with Crippen LogP contribution >= 0.6 is 0 Å². The predicted octanol–water partition coefficient (Wildman–Crippen LogP) is 3.59. The first-order valence-corrected chi connectivity index (χ1v) is 13.3. The Morgan fingerprint density at radius 1 is 1.10 bits per heavy atom. The summed E-state index contributed by atoms with van der Waals surface area (Å²) in [4.78, 5) is 39.6. The zero-order valence-electron chi connectivity index (χ0n) is 22.9. The van der Waals surface area contributed by atoms with Crippen LogP contribution < -0.4 is 15.5 Å². The van der Waals surface area contributed by atoms with Crippen LogP contribution in [0.2, 0.25) is 0 Å². The molecule has 1 fully saturated rings. The number of pyridine rings is 1. The van der Waals surface area contributed by atoms with Gasteiger partial charge in [0.1, 0.15) is 12.1 Å². The monoisotopic (exact) mass is 525 g/mol. The summed E-state index contributed by atoms with van der Waals surface area (Å²) < 4.78 is 0. The molecule has 1 aromatic carbocycles. The first-order valence-electron chi connectivity index (χ1n) is 13.3. The molecule has 10 heteroatoms. The van der Waals surface area contributed by atoms with Crippen molar-refractivity contribution < 1.29 is 4.79 Å². The highest BCUT2D eigenvalue weighted by Crippen LogP contribution is 2.27. The molecule has 0 bridgehead atoms. The number of fused-ring (bicyclic) bond motifs is 1. The molecule has 1 atom stereocenters. The van der Waals surface area contributed by atoms with Crippen molar-refractivity contribution in [3.63, 3.8) is 0 Å². The van der Waals surface area contributed by atoms with E-state index in [1.807, 2.05) is 30.6 Å². The minimum absolute atomic E-state index is 0.121. The van der Waals surface area contributed by atoms with Crippen molar-refractivity contribution in [3.05, 3.63) is 66.4 Å². The number of para-hydroxylation sites is 1. The maximum Gasteiger partial charge on any atom is 0.251 e. The van der Waals surface area contributed by atoms with Crippen molar-refractivity contribution in [2.75, 3.05) is 51.0 Å². The topological polar surface area (TPSA) is 112 Å². The molecule has 10 nitrogen and oxygen atoms in total. The van der Waals surface area contributed by atoms with Crippen molar-refractivity contribution in [2.45, 2.75) is 31.7 Å². The van der Waals surface area contributed by atoms with Gasteiger partial charge in [-0.25, -0.2) is 19.9 Å². The molecule has 3 aromatic heterocycles. The number of nitrogens with zero attached hydrogens (tertiary/aromatic N) is 7. The van der Waals surface area contributed by atoms with Gasteiger partial charge < -0.3 is 20.4 Å². The Balaban J connectivity index is 1.27. The fourth-order valence-corrected chi connectivity index (χ4v) is 5.09. The zero-order chi connectivity index (χ0) is 27.4. The molecule has 0 saturated carbocycles. The smallest absolute Gasteiger partial charge is 0.251 e. The van der Waals surface area contributed by atoms with Crippen LogP contribution in [0, 0.1) is 0 Å². The summed E-state index contributed by atoms with van der Waals surface area (Å²) in [5.74, 6) is 1.46. The maximum atomic E-state index is 12.3. The lowest BCUT2D eigenvalue weighted by atomic mass is 9.96. The fourth-order valence-electron chi connectivity index (χ4n) is 5.09. The lowest BCUT2D eigenvalue weighted by Gasteiger charge is -2.35. The van der Waals surface area contributed by atoms with Gasteiger partial charge in [-0.3, -0.25) is 9.78 Å². The molecule has 1 aliphatic rings. The van der Waals surface area contributed by atoms with Gasteiger partial charge in [0, 0.05) is 68.2 Å². The number of hydrogen-bond donors (Lipinski definition) is 2. The molecule has 1 saturated heterocycles. The van der Waals surface area contributed by atoms with Crippen molar-refractivity contribution in [3.8, 4) is 11.3 Å². The van der Waals surface area contributed by atoms with Gasteiger partial charge in [0.05, 0.1) is 16.8 Å². The number of nitrogens with one attached hydrogen (secondary N) is 2. The van der Waals surface area contributed by atoms with Crippen LogP contribution in [0.1, 0.15) is 41.6 Å². The quantitative estimate of drug-likeness (QED) is 0.356. The van der Waals surface area contributed by atoms with E-state index in [4.69, 9.17) is 0 Å². The van der Waals surface area contributed by atoms with E-state index in [0.717, 1.165) is 65.4 Å². The van der Waals surface area contributed by atoms with Gasteiger partial charge >= 0.3 is 0 Å². The minimum atomic E-state index is -0.121. The number of anilines is 2. The second-order valence-corrected chi connectivity index (χ2v) is 10.2. The number of rotatable bonds is 8. The lowest BCUT2D eigenvalue weighted by Crippen LogP contribution is -2.42. The van der Waals surface area contributed by atoms with Crippen molar-refractivity contribution in [2.24, 2.45) is 0 Å². The Bertz CT molecular complexity index is 1430. The van der Waals surface area contributed by atoms with Crippen molar-refractivity contribution in [1.29, 1.82) is 0 Å². The third-order valence-electron chi connectivity index (χ3n) is 7.55. The van der Waals surface area contributed by atoms with E-state index in [1.54, 1.807) is 25.6 Å². The molecule has 1 amide bonds. The molecule has 0 aliphatic carbocycles. The van der Waals surface area contributed by atoms with Gasteiger partial charge in [0.15, 0.2) is 0 Å². The SMILES string of the molecule is CNC(=O)c1ccnc2c([C@H](C)CNc3cc(-c4cnc(N(C)C5CCN(C)CC5)nc4)ncn3)cccc12. The standard InChI is InChI=1S/C29H35N9O/c1-19(22-6-5-7-23-24(28(39)30-2)8-11-31-27(22)23)15-32-26-14-25(35-18-36-26)20-16-33-29(34-17-20)38(4)21-9-12-37(3)13-10-21/h5-8,11,14,16-19,21H,9-10,12-13,15H2,1-4H3,(H,30,39)(H,32,35,36)/t19-/m1/s1. The minimum Gasteiger partial charge on any atom is -0.369 e. The number of hydrogen-bond acceptors (Lipinski definition) is 9. The maximum absolute atomic E-state index is 12.3. The second-order valence-electron chi connectivity index (χ2n) is 10.2. The highest BCUT2D eigenvalue weighted by Gasteiger charge is 2.22. The summed E-state index contributed by atoms with van der Waals surface area (Å²) in [6.45, 7) is 4.96. The molecular formula is C29H35N9O. The molecule has 4 aromatic rings. The van der Waals surface area contributed by atoms with Gasteiger partial charge in [0.25, 0.3) is 5.91 Å². The fraction of sp³-hybridized carbons (Fsp3) is 0.379. The molecule has 0 spiro atoms. The van der Waals surface area contributed by atoms with E-state index in [-0.39, 0.29) is 11.8 Å². The molecular weight excluding hydrogens is 490 g/mol. The number of aromatic nitrogens is 5. The highest BCUT2D eigenvalue weighted by atomic mass is 16.1. The van der Waals surface area contributed by atoms with Gasteiger partial charge in [-0.1, -0.05) is 25.1 Å². The first-order chi connectivity index (χ1) is 18.9. The van der Waals surface area contributed by atoms with E-state index in [0.29, 0.717) is 18.2 Å². The number of likely N-dealkylation sites (tertiary alicyclic amines) is 1. The average Bonchev–Trinajstić information content (AvgIpc) is 2.99. The van der Waals surface area contributed by atoms with Crippen molar-refractivity contribution >= 4 is 28.6 Å². The largest absolute Gasteiger partial charge is 0.369 e. The highest BCUT2D eigenvalue weighted by molar-refractivity contribution is 6.06.